The summed E-state index contributed by atoms with van der Waals surface area (Å²) in [6.45, 7) is -0.117. The fourth-order valence-corrected chi connectivity index (χ4v) is 5.35. The highest BCUT2D eigenvalue weighted by Gasteiger charge is 2.31. The highest BCUT2D eigenvalue weighted by atomic mass is 32.1. The molecule has 6 nitrogen and oxygen atoms in total. The number of hydrogen-bond donors (Lipinski definition) is 1. The van der Waals surface area contributed by atoms with Crippen molar-refractivity contribution in [1.29, 1.82) is 0 Å². The number of benzene rings is 2. The van der Waals surface area contributed by atoms with Crippen molar-refractivity contribution in [2.75, 3.05) is 20.1 Å². The summed E-state index contributed by atoms with van der Waals surface area (Å²) in [5.41, 5.74) is 1.97. The normalized spacial score (nSPS) is 17.8. The lowest BCUT2D eigenvalue weighted by Gasteiger charge is -2.26. The van der Waals surface area contributed by atoms with E-state index in [9.17, 15) is 22.4 Å². The Labute approximate surface area is 220 Å². The number of rotatable bonds is 6. The molecule has 0 unspecified atom stereocenters. The smallest absolute Gasteiger partial charge is 0.347 e. The molecular formula is C27H25F4N5OS. The first-order valence-corrected chi connectivity index (χ1v) is 12.9. The molecule has 1 amide bonds. The largest absolute Gasteiger partial charge is 0.406 e. The quantitative estimate of drug-likeness (QED) is 0.303. The van der Waals surface area contributed by atoms with E-state index >= 15 is 0 Å². The third-order valence-corrected chi connectivity index (χ3v) is 7.36. The molecule has 0 bridgehead atoms. The van der Waals surface area contributed by atoms with Crippen LogP contribution in [-0.2, 0) is 13.1 Å². The van der Waals surface area contributed by atoms with Gasteiger partial charge < -0.3 is 14.8 Å². The van der Waals surface area contributed by atoms with Crippen LogP contribution in [0.2, 0.25) is 0 Å². The van der Waals surface area contributed by atoms with Gasteiger partial charge in [-0.2, -0.15) is 13.2 Å². The van der Waals surface area contributed by atoms with Crippen LogP contribution in [-0.4, -0.2) is 58.6 Å². The molecule has 4 aromatic rings. The number of piperidine rings is 1. The zero-order valence-corrected chi connectivity index (χ0v) is 21.3. The molecule has 1 atom stereocenters. The maximum absolute atomic E-state index is 14.6. The van der Waals surface area contributed by atoms with E-state index in [1.165, 1.54) is 15.9 Å². The molecular weight excluding hydrogens is 518 g/mol. The number of nitrogens with zero attached hydrogens (tertiary/aromatic N) is 4. The third kappa shape index (κ3) is 5.78. The lowest BCUT2D eigenvalue weighted by Crippen LogP contribution is -2.39. The summed E-state index contributed by atoms with van der Waals surface area (Å²) in [6, 6.07) is 15.3. The minimum atomic E-state index is -4.47. The van der Waals surface area contributed by atoms with Crippen LogP contribution in [0.15, 0.2) is 65.8 Å². The maximum atomic E-state index is 14.6. The fourth-order valence-electron chi connectivity index (χ4n) is 4.47. The van der Waals surface area contributed by atoms with Gasteiger partial charge in [0.1, 0.15) is 11.6 Å². The number of thiazole rings is 1. The lowest BCUT2D eigenvalue weighted by molar-refractivity contribution is -0.139. The van der Waals surface area contributed by atoms with Crippen molar-refractivity contribution in [1.82, 2.24) is 19.8 Å². The van der Waals surface area contributed by atoms with Gasteiger partial charge >= 0.3 is 6.18 Å². The summed E-state index contributed by atoms with van der Waals surface area (Å²) in [5.74, 6) is -0.254. The van der Waals surface area contributed by atoms with Crippen LogP contribution in [0.25, 0.3) is 21.6 Å². The van der Waals surface area contributed by atoms with Crippen LogP contribution in [0.3, 0.4) is 0 Å². The van der Waals surface area contributed by atoms with E-state index in [1.54, 1.807) is 54.7 Å². The zero-order chi connectivity index (χ0) is 26.9. The standard InChI is InChI=1S/C27H25F4N5OS/c1-35-11-10-22(20(28)15-35)34-21-8-5-9-23-19(21)12-24(36(23)16-27(29,30)31)26-33-14-18(38-26)13-32-25(37)17-6-3-2-4-7-17/h2-9,12,14,20H,10-11,13,15-16H2,1H3,(H,32,37)/t20-/m0/s1. The molecule has 0 aliphatic carbocycles. The van der Waals surface area contributed by atoms with E-state index in [1.807, 2.05) is 18.0 Å². The van der Waals surface area contributed by atoms with Gasteiger partial charge in [0.05, 0.1) is 29.2 Å². The van der Waals surface area contributed by atoms with Gasteiger partial charge in [0.25, 0.3) is 5.91 Å². The Hall–Kier alpha value is -3.57. The fraction of sp³-hybridized carbons (Fsp3) is 0.296. The predicted octanol–water partition coefficient (Wildman–Crippen LogP) is 6.00. The second-order valence-electron chi connectivity index (χ2n) is 9.20. The van der Waals surface area contributed by atoms with Crippen LogP contribution >= 0.6 is 11.3 Å². The summed E-state index contributed by atoms with van der Waals surface area (Å²) < 4.78 is 56.6. The summed E-state index contributed by atoms with van der Waals surface area (Å²) in [7, 11) is 1.84. The van der Waals surface area contributed by atoms with Crippen molar-refractivity contribution >= 4 is 39.5 Å². The SMILES string of the molecule is CN1CCC(=Nc2cccc3c2cc(-c2ncc(CNC(=O)c4ccccc4)s2)n3CC(F)(F)F)[C@@H](F)C1. The molecule has 1 N–H and O–H groups in total. The molecule has 1 fully saturated rings. The molecule has 0 radical (unpaired) electrons. The highest BCUT2D eigenvalue weighted by Crippen LogP contribution is 2.37. The maximum Gasteiger partial charge on any atom is 0.406 e. The number of carbonyl (C=O) groups is 1. The molecule has 38 heavy (non-hydrogen) atoms. The number of likely N-dealkylation sites (tertiary alicyclic amines) is 1. The number of carbonyl (C=O) groups excluding carboxylic acids is 1. The topological polar surface area (TPSA) is 62.5 Å². The van der Waals surface area contributed by atoms with Gasteiger partial charge in [-0.05, 0) is 37.4 Å². The van der Waals surface area contributed by atoms with Gasteiger partial charge in [-0.15, -0.1) is 11.3 Å². The van der Waals surface area contributed by atoms with Crippen LogP contribution in [0.1, 0.15) is 21.7 Å². The summed E-state index contributed by atoms with van der Waals surface area (Å²) in [5, 5.41) is 3.69. The summed E-state index contributed by atoms with van der Waals surface area (Å²) >= 11 is 1.21. The van der Waals surface area contributed by atoms with E-state index in [-0.39, 0.29) is 24.7 Å². The zero-order valence-electron chi connectivity index (χ0n) is 20.5. The number of halogens is 4. The number of aromatic nitrogens is 2. The van der Waals surface area contributed by atoms with E-state index in [4.69, 9.17) is 0 Å². The number of hydrogen-bond acceptors (Lipinski definition) is 5. The first kappa shape index (κ1) is 26.1. The second-order valence-corrected chi connectivity index (χ2v) is 10.3. The van der Waals surface area contributed by atoms with Crippen molar-refractivity contribution in [3.05, 3.63) is 71.2 Å². The molecule has 1 aliphatic heterocycles. The third-order valence-electron chi connectivity index (χ3n) is 6.34. The Morgan fingerprint density at radius 3 is 2.71 bits per heavy atom. The van der Waals surface area contributed by atoms with Crippen LogP contribution in [0.4, 0.5) is 23.2 Å². The van der Waals surface area contributed by atoms with Crippen molar-refractivity contribution in [3.8, 4) is 10.7 Å². The van der Waals surface area contributed by atoms with Crippen molar-refractivity contribution in [3.63, 3.8) is 0 Å². The Bertz CT molecular complexity index is 1480. The molecule has 1 aliphatic rings. The average Bonchev–Trinajstić information content (AvgIpc) is 3.49. The van der Waals surface area contributed by atoms with E-state index < -0.39 is 18.9 Å². The summed E-state index contributed by atoms with van der Waals surface area (Å²) in [4.78, 5) is 23.9. The number of fused-ring (bicyclic) bond motifs is 1. The molecule has 5 rings (SSSR count). The van der Waals surface area contributed by atoms with Gasteiger partial charge in [-0.1, -0.05) is 24.3 Å². The highest BCUT2D eigenvalue weighted by molar-refractivity contribution is 7.15. The minimum absolute atomic E-state index is 0.191. The Morgan fingerprint density at radius 1 is 1.18 bits per heavy atom. The van der Waals surface area contributed by atoms with Gasteiger partial charge in [0, 0.05) is 41.5 Å². The Balaban J connectivity index is 1.48. The van der Waals surface area contributed by atoms with Crippen LogP contribution in [0, 0.1) is 0 Å². The van der Waals surface area contributed by atoms with Gasteiger partial charge in [0.2, 0.25) is 0 Å². The molecule has 1 saturated heterocycles. The van der Waals surface area contributed by atoms with Crippen molar-refractivity contribution in [2.45, 2.75) is 31.9 Å². The van der Waals surface area contributed by atoms with E-state index in [0.29, 0.717) is 50.7 Å². The van der Waals surface area contributed by atoms with Crippen LogP contribution in [0.5, 0.6) is 0 Å². The van der Waals surface area contributed by atoms with Crippen molar-refractivity contribution < 1.29 is 22.4 Å². The lowest BCUT2D eigenvalue weighted by atomic mass is 10.1. The first-order chi connectivity index (χ1) is 18.2. The Morgan fingerprint density at radius 2 is 1.97 bits per heavy atom. The predicted molar refractivity (Wildman–Crippen MR) is 141 cm³/mol. The second kappa shape index (κ2) is 10.7. The average molecular weight is 544 g/mol. The monoisotopic (exact) mass is 543 g/mol. The molecule has 0 saturated carbocycles. The molecule has 198 valence electrons. The van der Waals surface area contributed by atoms with Gasteiger partial charge in [0.15, 0.2) is 6.17 Å². The molecule has 11 heteroatoms. The van der Waals surface area contributed by atoms with E-state index in [0.717, 1.165) is 0 Å². The molecule has 3 heterocycles. The molecule has 0 spiro atoms. The number of nitrogens with one attached hydrogen (secondary N) is 1. The van der Waals surface area contributed by atoms with Crippen LogP contribution < -0.4 is 5.32 Å². The minimum Gasteiger partial charge on any atom is -0.347 e. The van der Waals surface area contributed by atoms with Gasteiger partial charge in [-0.25, -0.2) is 9.37 Å². The summed E-state index contributed by atoms with van der Waals surface area (Å²) in [6.07, 6.45) is -3.69. The van der Waals surface area contributed by atoms with Gasteiger partial charge in [-0.3, -0.25) is 9.79 Å². The first-order valence-electron chi connectivity index (χ1n) is 12.1. The number of aliphatic imine (C=N–C) groups is 1. The Kier molecular flexibility index (Phi) is 7.31. The van der Waals surface area contributed by atoms with E-state index in [2.05, 4.69) is 15.3 Å². The molecule has 2 aromatic heterocycles. The van der Waals surface area contributed by atoms with Crippen molar-refractivity contribution in [2.24, 2.45) is 4.99 Å². The number of alkyl halides is 4. The molecule has 2 aromatic carbocycles. The number of amides is 1.